The molecule has 0 aromatic carbocycles. The van der Waals surface area contributed by atoms with E-state index in [4.69, 9.17) is 9.84 Å². The summed E-state index contributed by atoms with van der Waals surface area (Å²) in [5, 5.41) is 13.4. The van der Waals surface area contributed by atoms with Crippen LogP contribution in [0.1, 0.15) is 29.9 Å². The van der Waals surface area contributed by atoms with Gasteiger partial charge in [0.15, 0.2) is 0 Å². The molecule has 0 spiro atoms. The molecular weight excluding hydrogens is 254 g/mol. The second-order valence-corrected chi connectivity index (χ2v) is 4.91. The zero-order chi connectivity index (χ0) is 13.7. The summed E-state index contributed by atoms with van der Waals surface area (Å²) in [7, 11) is 1.47. The van der Waals surface area contributed by atoms with E-state index >= 15 is 0 Å². The number of aliphatic carboxylic acids is 1. The normalized spacial score (nSPS) is 13.7. The smallest absolute Gasteiger partial charge is 0.326 e. The highest BCUT2D eigenvalue weighted by atomic mass is 32.1. The Labute approximate surface area is 110 Å². The summed E-state index contributed by atoms with van der Waals surface area (Å²) in [6, 6.07) is 0.799. The average Bonchev–Trinajstić information content (AvgIpc) is 2.82. The molecule has 1 amide bonds. The third kappa shape index (κ3) is 3.22. The number of amides is 1. The highest BCUT2D eigenvalue weighted by Crippen LogP contribution is 2.24. The summed E-state index contributed by atoms with van der Waals surface area (Å²) in [4.78, 5) is 23.5. The van der Waals surface area contributed by atoms with Crippen LogP contribution in [0.4, 0.5) is 0 Å². The predicted octanol–water partition coefficient (Wildman–Crippen LogP) is 1.99. The number of ether oxygens (including phenoxy) is 1. The van der Waals surface area contributed by atoms with Crippen molar-refractivity contribution in [1.82, 2.24) is 5.32 Å². The predicted molar refractivity (Wildman–Crippen MR) is 69.2 cm³/mol. The standard InChI is InChI=1S/C12H17NO4S/c1-4-7(2)9(12(15)16)13-11(14)10-8(17-3)5-6-18-10/h5-7,9H,4H2,1-3H3,(H,13,14)(H,15,16)/t7?,9-/m0/s1. The fourth-order valence-electron chi connectivity index (χ4n) is 1.51. The van der Waals surface area contributed by atoms with Gasteiger partial charge in [0.1, 0.15) is 16.7 Å². The van der Waals surface area contributed by atoms with Crippen LogP contribution in [0.2, 0.25) is 0 Å². The third-order valence-electron chi connectivity index (χ3n) is 2.82. The van der Waals surface area contributed by atoms with E-state index in [2.05, 4.69) is 5.32 Å². The molecular formula is C12H17NO4S. The number of methoxy groups -OCH3 is 1. The van der Waals surface area contributed by atoms with Gasteiger partial charge in [-0.05, 0) is 17.4 Å². The fourth-order valence-corrected chi connectivity index (χ4v) is 2.27. The third-order valence-corrected chi connectivity index (χ3v) is 3.72. The minimum absolute atomic E-state index is 0.127. The van der Waals surface area contributed by atoms with Gasteiger partial charge in [0.05, 0.1) is 7.11 Å². The van der Waals surface area contributed by atoms with Crippen LogP contribution in [-0.2, 0) is 4.79 Å². The van der Waals surface area contributed by atoms with Gasteiger partial charge in [-0.25, -0.2) is 4.79 Å². The second-order valence-electron chi connectivity index (χ2n) is 3.99. The maximum atomic E-state index is 12.0. The molecule has 0 fully saturated rings. The molecule has 2 atom stereocenters. The van der Waals surface area contributed by atoms with Crippen LogP contribution < -0.4 is 10.1 Å². The van der Waals surface area contributed by atoms with Crippen LogP contribution >= 0.6 is 11.3 Å². The summed E-state index contributed by atoms with van der Waals surface area (Å²) in [6.07, 6.45) is 0.679. The van der Waals surface area contributed by atoms with Crippen molar-refractivity contribution in [3.8, 4) is 5.75 Å². The lowest BCUT2D eigenvalue weighted by Gasteiger charge is -2.19. The molecule has 0 saturated carbocycles. The van der Waals surface area contributed by atoms with E-state index in [9.17, 15) is 9.59 Å². The van der Waals surface area contributed by atoms with Crippen LogP contribution in [0.3, 0.4) is 0 Å². The fraction of sp³-hybridized carbons (Fsp3) is 0.500. The molecule has 0 aliphatic heterocycles. The molecule has 100 valence electrons. The molecule has 1 heterocycles. The maximum Gasteiger partial charge on any atom is 0.326 e. The Morgan fingerprint density at radius 3 is 2.72 bits per heavy atom. The molecule has 0 bridgehead atoms. The SMILES string of the molecule is CCC(C)[C@H](NC(=O)c1sccc1OC)C(=O)O. The molecule has 0 saturated heterocycles. The number of carbonyl (C=O) groups excluding carboxylic acids is 1. The van der Waals surface area contributed by atoms with E-state index in [1.54, 1.807) is 18.4 Å². The highest BCUT2D eigenvalue weighted by molar-refractivity contribution is 7.12. The number of nitrogens with one attached hydrogen (secondary N) is 1. The number of hydrogen-bond acceptors (Lipinski definition) is 4. The molecule has 1 unspecified atom stereocenters. The van der Waals surface area contributed by atoms with Crippen molar-refractivity contribution in [2.24, 2.45) is 5.92 Å². The van der Waals surface area contributed by atoms with E-state index in [-0.39, 0.29) is 5.92 Å². The van der Waals surface area contributed by atoms with Crippen molar-refractivity contribution in [3.63, 3.8) is 0 Å². The largest absolute Gasteiger partial charge is 0.495 e. The van der Waals surface area contributed by atoms with Crippen LogP contribution in [0, 0.1) is 5.92 Å². The van der Waals surface area contributed by atoms with Gasteiger partial charge in [-0.15, -0.1) is 11.3 Å². The molecule has 1 aromatic rings. The Morgan fingerprint density at radius 1 is 1.56 bits per heavy atom. The van der Waals surface area contributed by atoms with Crippen molar-refractivity contribution in [3.05, 3.63) is 16.3 Å². The van der Waals surface area contributed by atoms with Crippen LogP contribution in [0.5, 0.6) is 5.75 Å². The lowest BCUT2D eigenvalue weighted by atomic mass is 9.99. The quantitative estimate of drug-likeness (QED) is 0.829. The first kappa shape index (κ1) is 14.5. The topological polar surface area (TPSA) is 75.6 Å². The Hall–Kier alpha value is -1.56. The van der Waals surface area contributed by atoms with Gasteiger partial charge in [0.2, 0.25) is 0 Å². The minimum Gasteiger partial charge on any atom is -0.495 e. The number of carbonyl (C=O) groups is 2. The van der Waals surface area contributed by atoms with Gasteiger partial charge in [-0.2, -0.15) is 0 Å². The molecule has 1 rings (SSSR count). The first-order valence-corrected chi connectivity index (χ1v) is 6.54. The van der Waals surface area contributed by atoms with E-state index < -0.39 is 17.9 Å². The Bertz CT molecular complexity index is 429. The first-order valence-electron chi connectivity index (χ1n) is 5.66. The summed E-state index contributed by atoms with van der Waals surface area (Å²) in [5.74, 6) is -1.09. The summed E-state index contributed by atoms with van der Waals surface area (Å²) >= 11 is 1.23. The Balaban J connectivity index is 2.82. The monoisotopic (exact) mass is 271 g/mol. The Kier molecular flexibility index (Phi) is 5.15. The molecule has 0 aliphatic rings. The van der Waals surface area contributed by atoms with E-state index in [0.29, 0.717) is 17.0 Å². The zero-order valence-corrected chi connectivity index (χ0v) is 11.4. The lowest BCUT2D eigenvalue weighted by Crippen LogP contribution is -2.44. The summed E-state index contributed by atoms with van der Waals surface area (Å²) < 4.78 is 5.04. The maximum absolute atomic E-state index is 12.0. The van der Waals surface area contributed by atoms with Crippen molar-refractivity contribution in [1.29, 1.82) is 0 Å². The zero-order valence-electron chi connectivity index (χ0n) is 10.6. The highest BCUT2D eigenvalue weighted by Gasteiger charge is 2.27. The van der Waals surface area contributed by atoms with Crippen molar-refractivity contribution in [2.45, 2.75) is 26.3 Å². The number of carboxylic acid groups (broad SMARTS) is 1. The summed E-state index contributed by atoms with van der Waals surface area (Å²) in [6.45, 7) is 3.68. The second kappa shape index (κ2) is 6.39. The number of hydrogen-bond donors (Lipinski definition) is 2. The van der Waals surface area contributed by atoms with E-state index in [0.717, 1.165) is 0 Å². The van der Waals surface area contributed by atoms with Crippen LogP contribution in [0.25, 0.3) is 0 Å². The molecule has 18 heavy (non-hydrogen) atoms. The summed E-state index contributed by atoms with van der Waals surface area (Å²) in [5.41, 5.74) is 0. The van der Waals surface area contributed by atoms with Gasteiger partial charge >= 0.3 is 5.97 Å². The van der Waals surface area contributed by atoms with Gasteiger partial charge in [-0.1, -0.05) is 20.3 Å². The molecule has 6 heteroatoms. The Morgan fingerprint density at radius 2 is 2.22 bits per heavy atom. The first-order chi connectivity index (χ1) is 8.51. The number of carboxylic acids is 1. The molecule has 1 aromatic heterocycles. The molecule has 0 radical (unpaired) electrons. The van der Waals surface area contributed by atoms with Crippen molar-refractivity contribution >= 4 is 23.2 Å². The van der Waals surface area contributed by atoms with E-state index in [1.807, 2.05) is 6.92 Å². The average molecular weight is 271 g/mol. The van der Waals surface area contributed by atoms with Gasteiger partial charge in [0, 0.05) is 0 Å². The van der Waals surface area contributed by atoms with Gasteiger partial charge in [0.25, 0.3) is 5.91 Å². The number of thiophene rings is 1. The molecule has 5 nitrogen and oxygen atoms in total. The molecule has 0 aliphatic carbocycles. The molecule has 2 N–H and O–H groups in total. The number of rotatable bonds is 6. The lowest BCUT2D eigenvalue weighted by molar-refractivity contribution is -0.140. The van der Waals surface area contributed by atoms with E-state index in [1.165, 1.54) is 18.4 Å². The van der Waals surface area contributed by atoms with Crippen molar-refractivity contribution < 1.29 is 19.4 Å². The van der Waals surface area contributed by atoms with Gasteiger partial charge < -0.3 is 15.2 Å². The van der Waals surface area contributed by atoms with Crippen molar-refractivity contribution in [2.75, 3.05) is 7.11 Å². The minimum atomic E-state index is -1.02. The van der Waals surface area contributed by atoms with Crippen LogP contribution in [0.15, 0.2) is 11.4 Å². The van der Waals surface area contributed by atoms with Gasteiger partial charge in [-0.3, -0.25) is 4.79 Å². The van der Waals surface area contributed by atoms with Crippen LogP contribution in [-0.4, -0.2) is 30.1 Å².